The number of hydrogen-bond donors (Lipinski definition) is 2. The van der Waals surface area contributed by atoms with Crippen LogP contribution in [0.5, 0.6) is 0 Å². The number of hydrogen-bond acceptors (Lipinski definition) is 5. The van der Waals surface area contributed by atoms with Gasteiger partial charge >= 0.3 is 22.1 Å². The van der Waals surface area contributed by atoms with Crippen LogP contribution in [0, 0.1) is 0 Å². The van der Waals surface area contributed by atoms with Crippen LogP contribution in [0.15, 0.2) is 29.2 Å². The summed E-state index contributed by atoms with van der Waals surface area (Å²) in [6.07, 6.45) is 0. The Balaban J connectivity index is 2.67. The van der Waals surface area contributed by atoms with Crippen LogP contribution in [0.4, 0.5) is 0 Å². The molecule has 0 aromatic heterocycles. The molecule has 0 fully saturated rings. The maximum Gasteiger partial charge on any atom is 0.698 e. The molecular weight excluding hydrogens is 310 g/mol. The molecule has 10 heteroatoms. The van der Waals surface area contributed by atoms with E-state index in [9.17, 15) is 9.13 Å². The average molecular weight is 317 g/mol. The molecule has 0 amide bonds. The Morgan fingerprint density at radius 2 is 1.59 bits per heavy atom. The van der Waals surface area contributed by atoms with Crippen molar-refractivity contribution in [2.24, 2.45) is 0 Å². The van der Waals surface area contributed by atoms with Gasteiger partial charge in [0.1, 0.15) is 0 Å². The van der Waals surface area contributed by atoms with Gasteiger partial charge in [0, 0.05) is 19.0 Å². The Morgan fingerprint density at radius 1 is 1.12 bits per heavy atom. The molecule has 0 heterocycles. The minimum Gasteiger partial charge on any atom is -0.133 e. The van der Waals surface area contributed by atoms with Gasteiger partial charge in [0.05, 0.1) is 0 Å². The molecule has 0 aliphatic carbocycles. The molecule has 0 aliphatic heterocycles. The smallest absolute Gasteiger partial charge is 0.133 e. The van der Waals surface area contributed by atoms with Crippen molar-refractivity contribution in [1.82, 2.24) is 0 Å². The van der Waals surface area contributed by atoms with Crippen LogP contribution in [0.25, 0.3) is 0 Å². The lowest BCUT2D eigenvalue weighted by molar-refractivity contribution is 0.0777. The highest BCUT2D eigenvalue weighted by Gasteiger charge is 2.33. The lowest BCUT2D eigenvalue weighted by Gasteiger charge is -2.02. The van der Waals surface area contributed by atoms with Crippen molar-refractivity contribution in [1.29, 1.82) is 0 Å². The second-order valence-corrected chi connectivity index (χ2v) is 5.45. The van der Waals surface area contributed by atoms with Crippen LogP contribution >= 0.6 is 39.9 Å². The van der Waals surface area contributed by atoms with Crippen LogP contribution in [-0.2, 0) is 18.2 Å². The van der Waals surface area contributed by atoms with Crippen molar-refractivity contribution in [3.05, 3.63) is 29.3 Å². The minimum absolute atomic E-state index is 0.522. The summed E-state index contributed by atoms with van der Waals surface area (Å²) in [6, 6.07) is 6.42. The summed E-state index contributed by atoms with van der Waals surface area (Å²) in [5.41, 5.74) is -1.35. The largest absolute Gasteiger partial charge is 0.698 e. The molecule has 6 nitrogen and oxygen atoms in total. The van der Waals surface area contributed by atoms with Crippen molar-refractivity contribution in [3.63, 3.8) is 0 Å². The van der Waals surface area contributed by atoms with Gasteiger partial charge in [-0.25, -0.2) is 0 Å². The topological polar surface area (TPSA) is 93.1 Å². The van der Waals surface area contributed by atoms with Gasteiger partial charge in [-0.05, 0) is 24.3 Å². The highest BCUT2D eigenvalue weighted by Crippen LogP contribution is 2.36. The molecule has 2 atom stereocenters. The zero-order chi connectivity index (χ0) is 12.8. The fourth-order valence-corrected chi connectivity index (χ4v) is 2.71. The summed E-state index contributed by atoms with van der Waals surface area (Å²) in [5, 5.41) is 0.522. The number of halogens is 1. The fourth-order valence-electron chi connectivity index (χ4n) is 0.834. The van der Waals surface area contributed by atoms with Crippen molar-refractivity contribution in [2.45, 2.75) is 10.5 Å². The molecule has 1 aromatic carbocycles. The normalized spacial score (nSPS) is 14.3. The second kappa shape index (κ2) is 7.36. The van der Waals surface area contributed by atoms with E-state index in [1.807, 2.05) is 0 Å². The number of thioether (sulfide) groups is 1. The van der Waals surface area contributed by atoms with Gasteiger partial charge in [-0.1, -0.05) is 32.4 Å². The Kier molecular flexibility index (Phi) is 6.48. The monoisotopic (exact) mass is 316 g/mol. The predicted octanol–water partition coefficient (Wildman–Crippen LogP) is 3.05. The summed E-state index contributed by atoms with van der Waals surface area (Å²) >= 11 is 6.53. The molecule has 2 N–H and O–H groups in total. The van der Waals surface area contributed by atoms with Gasteiger partial charge in [0.15, 0.2) is 0 Å². The third-order valence-electron chi connectivity index (χ3n) is 1.40. The van der Waals surface area contributed by atoms with E-state index < -0.39 is 22.1 Å². The molecule has 0 aliphatic rings. The molecule has 1 rings (SSSR count). The molecule has 0 radical (unpaired) electrons. The Hall–Kier alpha value is -0.100. The molecule has 17 heavy (non-hydrogen) atoms. The van der Waals surface area contributed by atoms with Gasteiger partial charge < -0.3 is 0 Å². The molecule has 0 saturated heterocycles. The Morgan fingerprint density at radius 3 is 2.00 bits per heavy atom. The van der Waals surface area contributed by atoms with Crippen molar-refractivity contribution >= 4 is 39.9 Å². The molecule has 1 aromatic rings. The highest BCUT2D eigenvalue weighted by molar-refractivity contribution is 7.99. The van der Waals surface area contributed by atoms with Crippen LogP contribution in [0.3, 0.4) is 0 Å². The summed E-state index contributed by atoms with van der Waals surface area (Å²) in [7, 11) is -5.87. The van der Waals surface area contributed by atoms with Gasteiger partial charge in [0.2, 0.25) is 0 Å². The summed E-state index contributed by atoms with van der Waals surface area (Å²) in [5.74, 6) is 0. The van der Waals surface area contributed by atoms with E-state index in [0.29, 0.717) is 9.92 Å². The first-order valence-electron chi connectivity index (χ1n) is 4.05. The van der Waals surface area contributed by atoms with E-state index in [2.05, 4.69) is 9.05 Å². The first-order chi connectivity index (χ1) is 7.97. The van der Waals surface area contributed by atoms with Crippen LogP contribution in [0.2, 0.25) is 5.02 Å². The van der Waals surface area contributed by atoms with Gasteiger partial charge in [-0.2, -0.15) is 0 Å². The zero-order valence-electron chi connectivity index (χ0n) is 8.09. The number of rotatable bonds is 6. The van der Waals surface area contributed by atoms with E-state index in [0.717, 1.165) is 11.8 Å². The summed E-state index contributed by atoms with van der Waals surface area (Å²) in [4.78, 5) is 17.7. The lowest BCUT2D eigenvalue weighted by Crippen LogP contribution is -2.04. The van der Waals surface area contributed by atoms with E-state index in [4.69, 9.17) is 21.4 Å². The third-order valence-corrected chi connectivity index (χ3v) is 3.61. The quantitative estimate of drug-likeness (QED) is 0.473. The second-order valence-electron chi connectivity index (χ2n) is 2.55. The van der Waals surface area contributed by atoms with E-state index in [-0.39, 0.29) is 0 Å². The molecule has 2 unspecified atom stereocenters. The highest BCUT2D eigenvalue weighted by atomic mass is 35.5. The van der Waals surface area contributed by atoms with E-state index in [1.165, 1.54) is 0 Å². The first-order valence-corrected chi connectivity index (χ1v) is 7.57. The average Bonchev–Trinajstić information content (AvgIpc) is 2.19. The summed E-state index contributed by atoms with van der Waals surface area (Å²) in [6.45, 7) is 0. The molecule has 92 valence electrons. The maximum absolute atomic E-state index is 10.5. The fraction of sp³-hybridized carbons (Fsp3) is 0.143. The third kappa shape index (κ3) is 6.41. The molecular formula is C7H7ClO6P2S+2. The molecule has 0 spiro atoms. The van der Waals surface area contributed by atoms with Crippen LogP contribution in [0.1, 0.15) is 0 Å². The predicted molar refractivity (Wildman–Crippen MR) is 62.9 cm³/mol. The summed E-state index contributed by atoms with van der Waals surface area (Å²) < 4.78 is 29.8. The van der Waals surface area contributed by atoms with E-state index >= 15 is 0 Å². The van der Waals surface area contributed by atoms with Crippen LogP contribution < -0.4 is 0 Å². The Labute approximate surface area is 108 Å². The lowest BCUT2D eigenvalue weighted by atomic mass is 10.4. The zero-order valence-corrected chi connectivity index (χ0v) is 11.5. The maximum atomic E-state index is 10.5. The van der Waals surface area contributed by atoms with Crippen molar-refractivity contribution in [3.8, 4) is 0 Å². The van der Waals surface area contributed by atoms with Gasteiger partial charge in [-0.15, -0.1) is 9.79 Å². The minimum atomic E-state index is -2.93. The molecule has 0 bridgehead atoms. The van der Waals surface area contributed by atoms with Gasteiger partial charge in [0.25, 0.3) is 0 Å². The van der Waals surface area contributed by atoms with Crippen molar-refractivity contribution in [2.75, 3.05) is 0 Å². The van der Waals surface area contributed by atoms with E-state index in [1.54, 1.807) is 24.3 Å². The standard InChI is InChI=1S/C7H5ClO6P2S/c8-5-1-3-6(4-2-5)17-7(13-15(9)10)14-16(11)12/h1-4,7H/p+2. The molecule has 0 saturated carbocycles. The SMILES string of the molecule is O=[P+](O)OC(O[P+](=O)O)Sc1ccc(Cl)cc1. The Bertz CT molecular complexity index is 397. The van der Waals surface area contributed by atoms with Crippen LogP contribution in [-0.4, -0.2) is 15.4 Å². The van der Waals surface area contributed by atoms with Gasteiger partial charge in [-0.3, -0.25) is 0 Å². The number of benzene rings is 1. The first kappa shape index (κ1) is 15.0. The van der Waals surface area contributed by atoms with Crippen molar-refractivity contribution < 1.29 is 28.0 Å².